The number of aryl methyl sites for hydroxylation is 2. The van der Waals surface area contributed by atoms with Crippen molar-refractivity contribution in [3.8, 4) is 11.4 Å². The Morgan fingerprint density at radius 1 is 1.31 bits per heavy atom. The summed E-state index contributed by atoms with van der Waals surface area (Å²) in [5.41, 5.74) is 8.73. The summed E-state index contributed by atoms with van der Waals surface area (Å²) in [6.07, 6.45) is 2.48. The molecular weight excluding hydrogens is 202 g/mol. The Bertz CT molecular complexity index is 517. The zero-order valence-corrected chi connectivity index (χ0v) is 9.74. The molecule has 4 nitrogen and oxygen atoms in total. The van der Waals surface area contributed by atoms with Crippen LogP contribution < -0.4 is 5.73 Å². The molecule has 0 spiro atoms. The van der Waals surface area contributed by atoms with Crippen LogP contribution in [0.1, 0.15) is 23.9 Å². The minimum atomic E-state index is 0.544. The first-order valence-corrected chi connectivity index (χ1v) is 5.31. The van der Waals surface area contributed by atoms with Crippen LogP contribution in [-0.4, -0.2) is 9.97 Å². The van der Waals surface area contributed by atoms with E-state index in [1.165, 1.54) is 0 Å². The van der Waals surface area contributed by atoms with E-state index >= 15 is 0 Å². The van der Waals surface area contributed by atoms with Crippen molar-refractivity contribution in [3.05, 3.63) is 29.3 Å². The zero-order valence-electron chi connectivity index (χ0n) is 9.74. The summed E-state index contributed by atoms with van der Waals surface area (Å²) in [6.45, 7) is 5.89. The summed E-state index contributed by atoms with van der Waals surface area (Å²) < 4.78 is 5.24. The van der Waals surface area contributed by atoms with Crippen LogP contribution in [0.5, 0.6) is 0 Å². The van der Waals surface area contributed by atoms with Crippen LogP contribution in [0.25, 0.3) is 11.4 Å². The van der Waals surface area contributed by atoms with Crippen molar-refractivity contribution in [1.29, 1.82) is 0 Å². The smallest absolute Gasteiger partial charge is 0.165 e. The van der Waals surface area contributed by atoms with Crippen molar-refractivity contribution < 1.29 is 4.42 Å². The average molecular weight is 217 g/mol. The summed E-state index contributed by atoms with van der Waals surface area (Å²) in [4.78, 5) is 8.80. The molecule has 0 aromatic carbocycles. The van der Waals surface area contributed by atoms with E-state index in [-0.39, 0.29) is 0 Å². The molecule has 2 heterocycles. The lowest BCUT2D eigenvalue weighted by Gasteiger charge is -2.07. The lowest BCUT2D eigenvalue weighted by Crippen LogP contribution is -2.04. The van der Waals surface area contributed by atoms with Gasteiger partial charge in [0.1, 0.15) is 11.6 Å². The van der Waals surface area contributed by atoms with E-state index in [2.05, 4.69) is 16.9 Å². The highest BCUT2D eigenvalue weighted by molar-refractivity contribution is 5.60. The fraction of sp³-hybridized carbons (Fsp3) is 0.333. The third-order valence-electron chi connectivity index (χ3n) is 2.72. The molecule has 16 heavy (non-hydrogen) atoms. The quantitative estimate of drug-likeness (QED) is 0.839. The topological polar surface area (TPSA) is 64.9 Å². The second-order valence-electron chi connectivity index (χ2n) is 3.75. The van der Waals surface area contributed by atoms with Crippen molar-refractivity contribution in [2.24, 2.45) is 0 Å². The third kappa shape index (κ3) is 1.66. The van der Waals surface area contributed by atoms with Crippen LogP contribution in [0.2, 0.25) is 0 Å². The number of hydrogen-bond donors (Lipinski definition) is 1. The van der Waals surface area contributed by atoms with Gasteiger partial charge in [0.25, 0.3) is 0 Å². The van der Waals surface area contributed by atoms with E-state index in [4.69, 9.17) is 10.2 Å². The van der Waals surface area contributed by atoms with Gasteiger partial charge in [0.15, 0.2) is 5.82 Å². The zero-order chi connectivity index (χ0) is 11.7. The second-order valence-corrected chi connectivity index (χ2v) is 3.75. The summed E-state index contributed by atoms with van der Waals surface area (Å²) >= 11 is 0. The molecular formula is C12H15N3O. The molecule has 0 saturated carbocycles. The minimum absolute atomic E-state index is 0.544. The Morgan fingerprint density at radius 3 is 2.62 bits per heavy atom. The molecule has 0 aliphatic heterocycles. The van der Waals surface area contributed by atoms with Gasteiger partial charge in [0.2, 0.25) is 0 Å². The van der Waals surface area contributed by atoms with Gasteiger partial charge < -0.3 is 10.2 Å². The normalized spacial score (nSPS) is 10.7. The molecule has 0 radical (unpaired) electrons. The number of nitrogens with two attached hydrogens (primary N) is 1. The molecule has 2 rings (SSSR count). The fourth-order valence-corrected chi connectivity index (χ4v) is 1.66. The predicted molar refractivity (Wildman–Crippen MR) is 63.0 cm³/mol. The van der Waals surface area contributed by atoms with Gasteiger partial charge in [0, 0.05) is 11.3 Å². The number of rotatable bonds is 2. The average Bonchev–Trinajstić information content (AvgIpc) is 2.68. The SMILES string of the molecule is CCc1nc(-c2ccoc2C)nc(N)c1C. The molecule has 2 N–H and O–H groups in total. The Hall–Kier alpha value is -1.84. The van der Waals surface area contributed by atoms with E-state index in [0.717, 1.165) is 29.0 Å². The molecule has 0 fully saturated rings. The monoisotopic (exact) mass is 217 g/mol. The van der Waals surface area contributed by atoms with Crippen molar-refractivity contribution in [1.82, 2.24) is 9.97 Å². The Balaban J connectivity index is 2.59. The van der Waals surface area contributed by atoms with Gasteiger partial charge in [-0.3, -0.25) is 0 Å². The lowest BCUT2D eigenvalue weighted by atomic mass is 10.1. The van der Waals surface area contributed by atoms with Crippen molar-refractivity contribution in [2.75, 3.05) is 5.73 Å². The maximum atomic E-state index is 5.87. The largest absolute Gasteiger partial charge is 0.469 e. The van der Waals surface area contributed by atoms with Gasteiger partial charge in [-0.15, -0.1) is 0 Å². The maximum absolute atomic E-state index is 5.87. The van der Waals surface area contributed by atoms with E-state index in [1.807, 2.05) is 19.9 Å². The first-order valence-electron chi connectivity index (χ1n) is 5.31. The Morgan fingerprint density at radius 2 is 2.06 bits per heavy atom. The number of furan rings is 1. The van der Waals surface area contributed by atoms with Crippen LogP contribution in [0.4, 0.5) is 5.82 Å². The van der Waals surface area contributed by atoms with Gasteiger partial charge in [-0.1, -0.05) is 6.92 Å². The van der Waals surface area contributed by atoms with Crippen LogP contribution >= 0.6 is 0 Å². The molecule has 84 valence electrons. The van der Waals surface area contributed by atoms with Gasteiger partial charge in [-0.2, -0.15) is 0 Å². The number of nitrogens with zero attached hydrogens (tertiary/aromatic N) is 2. The first kappa shape index (κ1) is 10.7. The highest BCUT2D eigenvalue weighted by Gasteiger charge is 2.12. The van der Waals surface area contributed by atoms with E-state index < -0.39 is 0 Å². The van der Waals surface area contributed by atoms with Crippen molar-refractivity contribution >= 4 is 5.82 Å². The lowest BCUT2D eigenvalue weighted by molar-refractivity contribution is 0.535. The van der Waals surface area contributed by atoms with Gasteiger partial charge in [-0.25, -0.2) is 9.97 Å². The molecule has 0 aliphatic rings. The number of hydrogen-bond acceptors (Lipinski definition) is 4. The molecule has 0 amide bonds. The molecule has 0 bridgehead atoms. The molecule has 0 unspecified atom stereocenters. The van der Waals surface area contributed by atoms with E-state index in [0.29, 0.717) is 11.6 Å². The van der Waals surface area contributed by atoms with Crippen molar-refractivity contribution in [2.45, 2.75) is 27.2 Å². The highest BCUT2D eigenvalue weighted by Crippen LogP contribution is 2.23. The Kier molecular flexibility index (Phi) is 2.64. The number of anilines is 1. The Labute approximate surface area is 94.5 Å². The van der Waals surface area contributed by atoms with Gasteiger partial charge in [-0.05, 0) is 26.3 Å². The number of nitrogen functional groups attached to an aromatic ring is 1. The minimum Gasteiger partial charge on any atom is -0.469 e. The van der Waals surface area contributed by atoms with Crippen LogP contribution in [0.3, 0.4) is 0 Å². The van der Waals surface area contributed by atoms with Gasteiger partial charge >= 0.3 is 0 Å². The summed E-state index contributed by atoms with van der Waals surface area (Å²) in [7, 11) is 0. The van der Waals surface area contributed by atoms with Crippen molar-refractivity contribution in [3.63, 3.8) is 0 Å². The summed E-state index contributed by atoms with van der Waals surface area (Å²) in [5.74, 6) is 2.00. The number of aromatic nitrogens is 2. The predicted octanol–water partition coefficient (Wildman–Crippen LogP) is 2.50. The molecule has 0 atom stereocenters. The van der Waals surface area contributed by atoms with E-state index in [1.54, 1.807) is 6.26 Å². The fourth-order valence-electron chi connectivity index (χ4n) is 1.66. The second kappa shape index (κ2) is 3.96. The third-order valence-corrected chi connectivity index (χ3v) is 2.72. The highest BCUT2D eigenvalue weighted by atomic mass is 16.3. The van der Waals surface area contributed by atoms with Crippen LogP contribution in [0, 0.1) is 13.8 Å². The van der Waals surface area contributed by atoms with Crippen LogP contribution in [-0.2, 0) is 6.42 Å². The summed E-state index contributed by atoms with van der Waals surface area (Å²) in [6, 6.07) is 1.86. The summed E-state index contributed by atoms with van der Waals surface area (Å²) in [5, 5.41) is 0. The van der Waals surface area contributed by atoms with E-state index in [9.17, 15) is 0 Å². The molecule has 4 heteroatoms. The first-order chi connectivity index (χ1) is 7.63. The van der Waals surface area contributed by atoms with Crippen LogP contribution in [0.15, 0.2) is 16.7 Å². The molecule has 0 aliphatic carbocycles. The standard InChI is InChI=1S/C12H15N3O/c1-4-10-7(2)11(13)15-12(14-10)9-5-6-16-8(9)3/h5-6H,4H2,1-3H3,(H2,13,14,15). The molecule has 2 aromatic heterocycles. The molecule has 0 saturated heterocycles. The maximum Gasteiger partial charge on any atom is 0.165 e. The molecule has 2 aromatic rings. The van der Waals surface area contributed by atoms with Gasteiger partial charge in [0.05, 0.1) is 11.8 Å².